The standard InChI is InChI=1S/C15H20N2O3/c1-6-9-16(15(3,4)5)13-8-7-12(11(2)18)10-14(13)17(19)20/h6-8,10H,1,9H2,2-5H3. The fraction of sp³-hybridized carbons (Fsp3) is 0.400. The van der Waals surface area contributed by atoms with Gasteiger partial charge in [-0.1, -0.05) is 6.08 Å². The van der Waals surface area contributed by atoms with Gasteiger partial charge in [0.25, 0.3) is 5.69 Å². The molecule has 5 nitrogen and oxygen atoms in total. The summed E-state index contributed by atoms with van der Waals surface area (Å²) < 4.78 is 0. The van der Waals surface area contributed by atoms with Crippen LogP contribution in [-0.2, 0) is 0 Å². The number of hydrogen-bond donors (Lipinski definition) is 0. The third-order valence-electron chi connectivity index (χ3n) is 2.99. The first kappa shape index (κ1) is 15.9. The molecule has 0 bridgehead atoms. The number of rotatable bonds is 5. The molecule has 1 aromatic carbocycles. The second-order valence-corrected chi connectivity index (χ2v) is 5.59. The fourth-order valence-electron chi connectivity index (χ4n) is 1.98. The van der Waals surface area contributed by atoms with Crippen molar-refractivity contribution < 1.29 is 9.72 Å². The van der Waals surface area contributed by atoms with Gasteiger partial charge in [0.15, 0.2) is 5.78 Å². The summed E-state index contributed by atoms with van der Waals surface area (Å²) in [5.41, 5.74) is 0.478. The lowest BCUT2D eigenvalue weighted by molar-refractivity contribution is -0.384. The second-order valence-electron chi connectivity index (χ2n) is 5.59. The molecule has 1 rings (SSSR count). The molecule has 0 atom stereocenters. The number of nitrogens with zero attached hydrogens (tertiary/aromatic N) is 2. The van der Waals surface area contributed by atoms with Gasteiger partial charge in [-0.2, -0.15) is 0 Å². The molecule has 0 saturated carbocycles. The zero-order valence-electron chi connectivity index (χ0n) is 12.3. The van der Waals surface area contributed by atoms with Gasteiger partial charge in [0.2, 0.25) is 0 Å². The molecule has 0 aliphatic heterocycles. The van der Waals surface area contributed by atoms with Crippen LogP contribution in [-0.4, -0.2) is 22.8 Å². The normalized spacial score (nSPS) is 11.0. The molecule has 0 heterocycles. The second kappa shape index (κ2) is 5.86. The van der Waals surface area contributed by atoms with E-state index in [1.54, 1.807) is 18.2 Å². The molecular formula is C15H20N2O3. The highest BCUT2D eigenvalue weighted by molar-refractivity contribution is 5.95. The van der Waals surface area contributed by atoms with Gasteiger partial charge in [0.1, 0.15) is 5.69 Å². The smallest absolute Gasteiger partial charge is 0.293 e. The number of ketones is 1. The Balaban J connectivity index is 3.45. The lowest BCUT2D eigenvalue weighted by Crippen LogP contribution is -2.42. The first-order valence-corrected chi connectivity index (χ1v) is 6.36. The molecule has 0 unspecified atom stereocenters. The number of anilines is 1. The molecule has 5 heteroatoms. The first-order chi connectivity index (χ1) is 9.18. The average molecular weight is 276 g/mol. The maximum absolute atomic E-state index is 11.4. The largest absolute Gasteiger partial charge is 0.357 e. The molecular weight excluding hydrogens is 256 g/mol. The molecule has 0 spiro atoms. The summed E-state index contributed by atoms with van der Waals surface area (Å²) in [6.45, 7) is 11.5. The SMILES string of the molecule is C=CCN(c1ccc(C(C)=O)cc1[N+](=O)[O-])C(C)(C)C. The number of carbonyl (C=O) groups is 1. The van der Waals surface area contributed by atoms with Crippen molar-refractivity contribution in [2.45, 2.75) is 33.2 Å². The number of hydrogen-bond acceptors (Lipinski definition) is 4. The van der Waals surface area contributed by atoms with Crippen LogP contribution in [0.4, 0.5) is 11.4 Å². The Labute approximate surface area is 119 Å². The van der Waals surface area contributed by atoms with E-state index >= 15 is 0 Å². The van der Waals surface area contributed by atoms with Crippen molar-refractivity contribution in [2.24, 2.45) is 0 Å². The maximum Gasteiger partial charge on any atom is 0.293 e. The summed E-state index contributed by atoms with van der Waals surface area (Å²) in [5.74, 6) is -0.189. The molecule has 0 N–H and O–H groups in total. The Morgan fingerprint density at radius 1 is 1.45 bits per heavy atom. The Hall–Kier alpha value is -2.17. The summed E-state index contributed by atoms with van der Waals surface area (Å²) >= 11 is 0. The molecule has 0 fully saturated rings. The van der Waals surface area contributed by atoms with Gasteiger partial charge in [0, 0.05) is 23.7 Å². The predicted octanol–water partition coefficient (Wildman–Crippen LogP) is 3.59. The van der Waals surface area contributed by atoms with Crippen molar-refractivity contribution >= 4 is 17.2 Å². The van der Waals surface area contributed by atoms with Crippen molar-refractivity contribution in [2.75, 3.05) is 11.4 Å². The molecule has 0 amide bonds. The van der Waals surface area contributed by atoms with Crippen LogP contribution in [0.3, 0.4) is 0 Å². The van der Waals surface area contributed by atoms with E-state index in [1.165, 1.54) is 13.0 Å². The highest BCUT2D eigenvalue weighted by Gasteiger charge is 2.27. The van der Waals surface area contributed by atoms with Crippen LogP contribution in [0.5, 0.6) is 0 Å². The van der Waals surface area contributed by atoms with Crippen molar-refractivity contribution in [1.82, 2.24) is 0 Å². The van der Waals surface area contributed by atoms with Gasteiger partial charge in [-0.3, -0.25) is 14.9 Å². The van der Waals surface area contributed by atoms with Crippen LogP contribution in [0, 0.1) is 10.1 Å². The minimum Gasteiger partial charge on any atom is -0.357 e. The van der Waals surface area contributed by atoms with Gasteiger partial charge in [0.05, 0.1) is 4.92 Å². The lowest BCUT2D eigenvalue weighted by Gasteiger charge is -2.36. The minimum absolute atomic E-state index is 0.0607. The van der Waals surface area contributed by atoms with Crippen LogP contribution in [0.1, 0.15) is 38.1 Å². The highest BCUT2D eigenvalue weighted by Crippen LogP contribution is 2.33. The number of nitro benzene ring substituents is 1. The molecule has 0 aromatic heterocycles. The zero-order valence-corrected chi connectivity index (χ0v) is 12.3. The van der Waals surface area contributed by atoms with Crippen LogP contribution in [0.15, 0.2) is 30.9 Å². The van der Waals surface area contributed by atoms with Crippen LogP contribution < -0.4 is 4.90 Å². The van der Waals surface area contributed by atoms with Crippen molar-refractivity contribution in [3.63, 3.8) is 0 Å². The number of carbonyl (C=O) groups excluding carboxylic acids is 1. The van der Waals surface area contributed by atoms with Gasteiger partial charge < -0.3 is 4.90 Å². The monoisotopic (exact) mass is 276 g/mol. The molecule has 0 aliphatic rings. The lowest BCUT2D eigenvalue weighted by atomic mass is 10.0. The van der Waals surface area contributed by atoms with Gasteiger partial charge in [-0.25, -0.2) is 0 Å². The van der Waals surface area contributed by atoms with Crippen molar-refractivity contribution in [3.05, 3.63) is 46.5 Å². The molecule has 1 aromatic rings. The third kappa shape index (κ3) is 3.44. The number of nitro groups is 1. The highest BCUT2D eigenvalue weighted by atomic mass is 16.6. The third-order valence-corrected chi connectivity index (χ3v) is 2.99. The Bertz CT molecular complexity index is 545. The van der Waals surface area contributed by atoms with Crippen molar-refractivity contribution in [3.8, 4) is 0 Å². The average Bonchev–Trinajstić information content (AvgIpc) is 2.33. The van der Waals surface area contributed by atoms with E-state index < -0.39 is 4.92 Å². The van der Waals surface area contributed by atoms with E-state index in [9.17, 15) is 14.9 Å². The summed E-state index contributed by atoms with van der Waals surface area (Å²) in [6, 6.07) is 4.58. The fourth-order valence-corrected chi connectivity index (χ4v) is 1.98. The Morgan fingerprint density at radius 3 is 2.45 bits per heavy atom. The van der Waals surface area contributed by atoms with Crippen molar-refractivity contribution in [1.29, 1.82) is 0 Å². The number of benzene rings is 1. The zero-order chi connectivity index (χ0) is 15.5. The van der Waals surface area contributed by atoms with Gasteiger partial charge in [-0.05, 0) is 39.8 Å². The molecule has 0 saturated heterocycles. The van der Waals surface area contributed by atoms with Crippen LogP contribution >= 0.6 is 0 Å². The summed E-state index contributed by atoms with van der Waals surface area (Å²) in [6.07, 6.45) is 1.70. The van der Waals surface area contributed by atoms with Gasteiger partial charge >= 0.3 is 0 Å². The number of Topliss-reactive ketones (excluding diaryl/α,β-unsaturated/α-hetero) is 1. The van der Waals surface area contributed by atoms with E-state index in [2.05, 4.69) is 6.58 Å². The minimum atomic E-state index is -0.455. The predicted molar refractivity (Wildman–Crippen MR) is 80.4 cm³/mol. The quantitative estimate of drug-likeness (QED) is 0.357. The molecule has 0 radical (unpaired) electrons. The van der Waals surface area contributed by atoms with Crippen LogP contribution in [0.2, 0.25) is 0 Å². The van der Waals surface area contributed by atoms with E-state index in [0.717, 1.165) is 0 Å². The Kier molecular flexibility index (Phi) is 4.65. The molecule has 0 aliphatic carbocycles. The topological polar surface area (TPSA) is 63.5 Å². The maximum atomic E-state index is 11.4. The molecule has 108 valence electrons. The first-order valence-electron chi connectivity index (χ1n) is 6.36. The summed E-state index contributed by atoms with van der Waals surface area (Å²) in [5, 5.41) is 11.3. The Morgan fingerprint density at radius 2 is 2.05 bits per heavy atom. The van der Waals surface area contributed by atoms with E-state index in [4.69, 9.17) is 0 Å². The summed E-state index contributed by atoms with van der Waals surface area (Å²) in [4.78, 5) is 24.1. The molecule has 20 heavy (non-hydrogen) atoms. The van der Waals surface area contributed by atoms with Gasteiger partial charge in [-0.15, -0.1) is 6.58 Å². The van der Waals surface area contributed by atoms with E-state index in [-0.39, 0.29) is 17.0 Å². The van der Waals surface area contributed by atoms with Crippen LogP contribution in [0.25, 0.3) is 0 Å². The van der Waals surface area contributed by atoms with E-state index in [1.807, 2.05) is 25.7 Å². The van der Waals surface area contributed by atoms with E-state index in [0.29, 0.717) is 17.8 Å². The summed E-state index contributed by atoms with van der Waals surface area (Å²) in [7, 11) is 0.